The molecule has 0 saturated carbocycles. The van der Waals surface area contributed by atoms with Crippen molar-refractivity contribution >= 4 is 34.9 Å². The molecule has 2 rings (SSSR count). The number of nitrogens with one attached hydrogen (secondary N) is 2. The minimum Gasteiger partial charge on any atom is -0.373 e. The zero-order chi connectivity index (χ0) is 16.8. The van der Waals surface area contributed by atoms with Crippen LogP contribution in [0.1, 0.15) is 20.3 Å². The summed E-state index contributed by atoms with van der Waals surface area (Å²) in [6.45, 7) is 7.63. The van der Waals surface area contributed by atoms with Crippen molar-refractivity contribution in [1.29, 1.82) is 0 Å². The highest BCUT2D eigenvalue weighted by Crippen LogP contribution is 2.24. The molecule has 7 heteroatoms. The summed E-state index contributed by atoms with van der Waals surface area (Å²) in [5, 5.41) is 6.46. The molecule has 128 valence electrons. The summed E-state index contributed by atoms with van der Waals surface area (Å²) >= 11 is 11.8. The van der Waals surface area contributed by atoms with Crippen molar-refractivity contribution in [1.82, 2.24) is 10.2 Å². The zero-order valence-electron chi connectivity index (χ0n) is 13.4. The Hall–Kier alpha value is -1.01. The quantitative estimate of drug-likeness (QED) is 0.789. The van der Waals surface area contributed by atoms with Gasteiger partial charge in [-0.15, -0.1) is 0 Å². The first kappa shape index (κ1) is 18.3. The third-order valence-corrected chi connectivity index (χ3v) is 4.35. The lowest BCUT2D eigenvalue weighted by molar-refractivity contribution is -0.0679. The standard InChI is InChI=1S/C16H23Cl2N3O2/c1-11-9-21(10-12(2)23-11)7-3-6-19-16(22)20-13-4-5-14(17)15(18)8-13/h4-5,8,11-12H,3,6-7,9-10H2,1-2H3,(H2,19,20,22)/t11-,12+. The van der Waals surface area contributed by atoms with Gasteiger partial charge in [0, 0.05) is 31.9 Å². The Bertz CT molecular complexity index is 532. The number of rotatable bonds is 5. The van der Waals surface area contributed by atoms with Gasteiger partial charge >= 0.3 is 6.03 Å². The third kappa shape index (κ3) is 6.18. The van der Waals surface area contributed by atoms with Crippen LogP contribution in [0.5, 0.6) is 0 Å². The Morgan fingerprint density at radius 3 is 2.61 bits per heavy atom. The van der Waals surface area contributed by atoms with E-state index in [4.69, 9.17) is 27.9 Å². The van der Waals surface area contributed by atoms with Gasteiger partial charge in [0.2, 0.25) is 0 Å². The molecule has 0 aliphatic carbocycles. The second kappa shape index (κ2) is 8.73. The Kier molecular flexibility index (Phi) is 6.96. The van der Waals surface area contributed by atoms with Crippen molar-refractivity contribution in [3.8, 4) is 0 Å². The molecule has 1 fully saturated rings. The van der Waals surface area contributed by atoms with Gasteiger partial charge in [-0.2, -0.15) is 0 Å². The molecule has 2 amide bonds. The summed E-state index contributed by atoms with van der Waals surface area (Å²) in [7, 11) is 0. The van der Waals surface area contributed by atoms with Gasteiger partial charge in [-0.05, 0) is 38.5 Å². The number of morpholine rings is 1. The van der Waals surface area contributed by atoms with E-state index in [2.05, 4.69) is 29.4 Å². The molecule has 23 heavy (non-hydrogen) atoms. The maximum Gasteiger partial charge on any atom is 0.319 e. The van der Waals surface area contributed by atoms with Gasteiger partial charge in [-0.1, -0.05) is 23.2 Å². The lowest BCUT2D eigenvalue weighted by Gasteiger charge is -2.35. The topological polar surface area (TPSA) is 53.6 Å². The van der Waals surface area contributed by atoms with Gasteiger partial charge in [0.15, 0.2) is 0 Å². The van der Waals surface area contributed by atoms with Crippen LogP contribution >= 0.6 is 23.2 Å². The summed E-state index contributed by atoms with van der Waals surface area (Å²) in [6, 6.07) is 4.75. The first-order chi connectivity index (χ1) is 10.9. The molecule has 1 saturated heterocycles. The molecule has 5 nitrogen and oxygen atoms in total. The summed E-state index contributed by atoms with van der Waals surface area (Å²) in [5.41, 5.74) is 0.618. The molecule has 1 aromatic rings. The molecule has 1 heterocycles. The van der Waals surface area contributed by atoms with E-state index < -0.39 is 0 Å². The molecule has 2 atom stereocenters. The van der Waals surface area contributed by atoms with Crippen LogP contribution in [0.3, 0.4) is 0 Å². The molecule has 1 aliphatic heterocycles. The van der Waals surface area contributed by atoms with Crippen molar-refractivity contribution in [2.24, 2.45) is 0 Å². The van der Waals surface area contributed by atoms with E-state index in [-0.39, 0.29) is 18.2 Å². The fraction of sp³-hybridized carbons (Fsp3) is 0.562. The molecule has 0 unspecified atom stereocenters. The highest BCUT2D eigenvalue weighted by molar-refractivity contribution is 6.42. The number of halogens is 2. The largest absolute Gasteiger partial charge is 0.373 e. The Labute approximate surface area is 147 Å². The van der Waals surface area contributed by atoms with E-state index in [1.54, 1.807) is 18.2 Å². The van der Waals surface area contributed by atoms with Crippen LogP contribution in [0, 0.1) is 0 Å². The monoisotopic (exact) mass is 359 g/mol. The molecule has 0 radical (unpaired) electrons. The number of hydrogen-bond acceptors (Lipinski definition) is 3. The first-order valence-corrected chi connectivity index (χ1v) is 8.57. The van der Waals surface area contributed by atoms with Crippen LogP contribution in [0.2, 0.25) is 10.0 Å². The fourth-order valence-corrected chi connectivity index (χ4v) is 3.02. The summed E-state index contributed by atoms with van der Waals surface area (Å²) in [5.74, 6) is 0. The van der Waals surface area contributed by atoms with Gasteiger partial charge < -0.3 is 15.4 Å². The summed E-state index contributed by atoms with van der Waals surface area (Å²) < 4.78 is 5.70. The van der Waals surface area contributed by atoms with Crippen LogP contribution in [-0.2, 0) is 4.74 Å². The van der Waals surface area contributed by atoms with E-state index in [1.807, 2.05) is 0 Å². The molecule has 1 aromatic carbocycles. The SMILES string of the molecule is C[C@@H]1CN(CCCNC(=O)Nc2ccc(Cl)c(Cl)c2)C[C@H](C)O1. The highest BCUT2D eigenvalue weighted by atomic mass is 35.5. The van der Waals surface area contributed by atoms with Crippen LogP contribution in [0.25, 0.3) is 0 Å². The van der Waals surface area contributed by atoms with Crippen molar-refractivity contribution in [2.75, 3.05) is 31.5 Å². The highest BCUT2D eigenvalue weighted by Gasteiger charge is 2.21. The number of nitrogens with zero attached hydrogens (tertiary/aromatic N) is 1. The average Bonchev–Trinajstić information content (AvgIpc) is 2.46. The van der Waals surface area contributed by atoms with E-state index in [1.165, 1.54) is 0 Å². The molecule has 0 spiro atoms. The van der Waals surface area contributed by atoms with E-state index in [0.717, 1.165) is 26.1 Å². The molecular weight excluding hydrogens is 337 g/mol. The summed E-state index contributed by atoms with van der Waals surface area (Å²) in [4.78, 5) is 14.2. The van der Waals surface area contributed by atoms with Crippen molar-refractivity contribution < 1.29 is 9.53 Å². The van der Waals surface area contributed by atoms with Crippen LogP contribution in [-0.4, -0.2) is 49.3 Å². The maximum atomic E-state index is 11.8. The number of urea groups is 1. The first-order valence-electron chi connectivity index (χ1n) is 7.81. The number of hydrogen-bond donors (Lipinski definition) is 2. The Balaban J connectivity index is 1.65. The van der Waals surface area contributed by atoms with Gasteiger partial charge in [-0.25, -0.2) is 4.79 Å². The predicted molar refractivity (Wildman–Crippen MR) is 94.5 cm³/mol. The van der Waals surface area contributed by atoms with Crippen molar-refractivity contribution in [2.45, 2.75) is 32.5 Å². The second-order valence-electron chi connectivity index (χ2n) is 5.88. The number of carbonyl (C=O) groups is 1. The lowest BCUT2D eigenvalue weighted by Crippen LogP contribution is -2.46. The number of amides is 2. The predicted octanol–water partition coefficient (Wildman–Crippen LogP) is 3.61. The van der Waals surface area contributed by atoms with Crippen LogP contribution in [0.4, 0.5) is 10.5 Å². The smallest absolute Gasteiger partial charge is 0.319 e. The third-order valence-electron chi connectivity index (χ3n) is 3.61. The molecule has 0 bridgehead atoms. The minimum atomic E-state index is -0.243. The van der Waals surface area contributed by atoms with Gasteiger partial charge in [0.1, 0.15) is 0 Å². The number of ether oxygens (including phenoxy) is 1. The number of carbonyl (C=O) groups excluding carboxylic acids is 1. The fourth-order valence-electron chi connectivity index (χ4n) is 2.72. The maximum absolute atomic E-state index is 11.8. The van der Waals surface area contributed by atoms with Crippen molar-refractivity contribution in [3.05, 3.63) is 28.2 Å². The molecule has 0 aromatic heterocycles. The van der Waals surface area contributed by atoms with E-state index >= 15 is 0 Å². The van der Waals surface area contributed by atoms with Crippen LogP contribution in [0.15, 0.2) is 18.2 Å². The van der Waals surface area contributed by atoms with Gasteiger partial charge in [0.25, 0.3) is 0 Å². The Morgan fingerprint density at radius 2 is 1.96 bits per heavy atom. The van der Waals surface area contributed by atoms with E-state index in [9.17, 15) is 4.79 Å². The number of anilines is 1. The zero-order valence-corrected chi connectivity index (χ0v) is 15.0. The van der Waals surface area contributed by atoms with E-state index in [0.29, 0.717) is 22.3 Å². The Morgan fingerprint density at radius 1 is 1.26 bits per heavy atom. The normalized spacial score (nSPS) is 21.9. The molecule has 2 N–H and O–H groups in total. The molecular formula is C16H23Cl2N3O2. The second-order valence-corrected chi connectivity index (χ2v) is 6.69. The summed E-state index contributed by atoms with van der Waals surface area (Å²) in [6.07, 6.45) is 1.43. The average molecular weight is 360 g/mol. The minimum absolute atomic E-state index is 0.243. The van der Waals surface area contributed by atoms with Crippen LogP contribution < -0.4 is 10.6 Å². The van der Waals surface area contributed by atoms with Gasteiger partial charge in [0.05, 0.1) is 22.3 Å². The molecule has 1 aliphatic rings. The number of benzene rings is 1. The van der Waals surface area contributed by atoms with Gasteiger partial charge in [-0.3, -0.25) is 4.90 Å². The van der Waals surface area contributed by atoms with Crippen molar-refractivity contribution in [3.63, 3.8) is 0 Å². The lowest BCUT2D eigenvalue weighted by atomic mass is 10.2.